The van der Waals surface area contributed by atoms with E-state index >= 15 is 0 Å². The summed E-state index contributed by atoms with van der Waals surface area (Å²) in [6.45, 7) is 0. The summed E-state index contributed by atoms with van der Waals surface area (Å²) in [6.07, 6.45) is 0.933. The van der Waals surface area contributed by atoms with E-state index in [2.05, 4.69) is 10.2 Å². The summed E-state index contributed by atoms with van der Waals surface area (Å²) < 4.78 is 0. The number of thioether (sulfide) groups is 1. The van der Waals surface area contributed by atoms with Gasteiger partial charge in [0.15, 0.2) is 10.3 Å². The third-order valence-corrected chi connectivity index (χ3v) is 3.18. The Balaban J connectivity index is 2.59. The van der Waals surface area contributed by atoms with Crippen molar-refractivity contribution in [3.8, 4) is 0 Å². The van der Waals surface area contributed by atoms with Crippen LogP contribution in [0.15, 0.2) is 11.0 Å². The first-order valence-electron chi connectivity index (χ1n) is 3.61. The van der Waals surface area contributed by atoms with Crippen molar-refractivity contribution in [3.63, 3.8) is 0 Å². The normalized spacial score (nSPS) is 10.4. The van der Waals surface area contributed by atoms with Gasteiger partial charge in [-0.15, -0.1) is 33.6 Å². The van der Waals surface area contributed by atoms with Gasteiger partial charge in [-0.25, -0.2) is 0 Å². The number of aromatic nitrogens is 2. The van der Waals surface area contributed by atoms with Crippen LogP contribution in [-0.4, -0.2) is 21.8 Å². The maximum atomic E-state index is 5.79. The summed E-state index contributed by atoms with van der Waals surface area (Å²) >= 11 is 18.6. The van der Waals surface area contributed by atoms with Crippen molar-refractivity contribution in [3.05, 3.63) is 16.4 Å². The molecule has 1 aromatic heterocycles. The zero-order valence-electron chi connectivity index (χ0n) is 6.64. The van der Waals surface area contributed by atoms with Crippen molar-refractivity contribution in [2.75, 3.05) is 11.6 Å². The van der Waals surface area contributed by atoms with Crippen molar-refractivity contribution in [1.29, 1.82) is 0 Å². The average molecular weight is 258 g/mol. The predicted molar refractivity (Wildman–Crippen MR) is 58.1 cm³/mol. The Morgan fingerprint density at radius 2 is 2.08 bits per heavy atom. The summed E-state index contributed by atoms with van der Waals surface area (Å²) in [6, 6.07) is 1.70. The minimum Gasteiger partial charge on any atom is -0.137 e. The van der Waals surface area contributed by atoms with Gasteiger partial charge in [0.2, 0.25) is 0 Å². The molecule has 0 spiro atoms. The molecule has 0 fully saturated rings. The van der Waals surface area contributed by atoms with Crippen LogP contribution in [0.2, 0.25) is 10.3 Å². The summed E-state index contributed by atoms with van der Waals surface area (Å²) in [4.78, 5) is 0.854. The Hall–Kier alpha value is 0.300. The molecule has 6 heteroatoms. The zero-order valence-corrected chi connectivity index (χ0v) is 9.72. The smallest absolute Gasteiger partial charge is 0.137 e. The van der Waals surface area contributed by atoms with Crippen molar-refractivity contribution >= 4 is 46.6 Å². The predicted octanol–water partition coefficient (Wildman–Crippen LogP) is 3.50. The first kappa shape index (κ1) is 11.4. The fraction of sp³-hybridized carbons (Fsp3) is 0.429. The zero-order chi connectivity index (χ0) is 9.68. The van der Waals surface area contributed by atoms with Crippen LogP contribution in [0.5, 0.6) is 0 Å². The molecular weight excluding hydrogens is 251 g/mol. The Kier molecular flexibility index (Phi) is 5.17. The van der Waals surface area contributed by atoms with Crippen molar-refractivity contribution in [2.24, 2.45) is 0 Å². The molecule has 0 saturated heterocycles. The molecule has 72 valence electrons. The lowest BCUT2D eigenvalue weighted by Crippen LogP contribution is -1.87. The third kappa shape index (κ3) is 3.90. The van der Waals surface area contributed by atoms with E-state index in [1.165, 1.54) is 0 Å². The SMILES string of the molecule is ClCCCSc1cc(Cl)nnc1Cl. The monoisotopic (exact) mass is 256 g/mol. The molecule has 1 rings (SSSR count). The largest absolute Gasteiger partial charge is 0.165 e. The Bertz CT molecular complexity index is 282. The molecule has 0 aliphatic carbocycles. The number of alkyl halides is 1. The van der Waals surface area contributed by atoms with Crippen LogP contribution in [0.1, 0.15) is 6.42 Å². The summed E-state index contributed by atoms with van der Waals surface area (Å²) in [7, 11) is 0. The number of hydrogen-bond donors (Lipinski definition) is 0. The second kappa shape index (κ2) is 5.91. The highest BCUT2D eigenvalue weighted by molar-refractivity contribution is 7.99. The second-order valence-corrected chi connectivity index (χ2v) is 4.47. The fourth-order valence-electron chi connectivity index (χ4n) is 0.675. The molecule has 0 saturated carbocycles. The van der Waals surface area contributed by atoms with Crippen LogP contribution >= 0.6 is 46.6 Å². The van der Waals surface area contributed by atoms with Crippen LogP contribution in [0.25, 0.3) is 0 Å². The van der Waals surface area contributed by atoms with Crippen LogP contribution in [0, 0.1) is 0 Å². The van der Waals surface area contributed by atoms with E-state index in [1.54, 1.807) is 17.8 Å². The van der Waals surface area contributed by atoms with Gasteiger partial charge in [0.1, 0.15) is 0 Å². The molecule has 1 aromatic rings. The highest BCUT2D eigenvalue weighted by Gasteiger charge is 2.03. The molecule has 0 N–H and O–H groups in total. The van der Waals surface area contributed by atoms with Crippen molar-refractivity contribution in [2.45, 2.75) is 11.3 Å². The van der Waals surface area contributed by atoms with Crippen molar-refractivity contribution < 1.29 is 0 Å². The highest BCUT2D eigenvalue weighted by Crippen LogP contribution is 2.26. The van der Waals surface area contributed by atoms with Crippen LogP contribution in [-0.2, 0) is 0 Å². The van der Waals surface area contributed by atoms with Gasteiger partial charge in [-0.05, 0) is 18.2 Å². The van der Waals surface area contributed by atoms with E-state index < -0.39 is 0 Å². The maximum absolute atomic E-state index is 5.79. The maximum Gasteiger partial charge on any atom is 0.165 e. The van der Waals surface area contributed by atoms with Crippen molar-refractivity contribution in [1.82, 2.24) is 10.2 Å². The van der Waals surface area contributed by atoms with E-state index in [4.69, 9.17) is 34.8 Å². The van der Waals surface area contributed by atoms with E-state index in [0.29, 0.717) is 16.2 Å². The molecule has 0 bridgehead atoms. The minimum atomic E-state index is 0.359. The minimum absolute atomic E-state index is 0.359. The fourth-order valence-corrected chi connectivity index (χ4v) is 2.30. The lowest BCUT2D eigenvalue weighted by molar-refractivity contribution is 0.996. The Morgan fingerprint density at radius 3 is 2.77 bits per heavy atom. The molecule has 1 heterocycles. The van der Waals surface area contributed by atoms with Crippen LogP contribution < -0.4 is 0 Å². The van der Waals surface area contributed by atoms with Gasteiger partial charge in [0, 0.05) is 10.8 Å². The van der Waals surface area contributed by atoms with Gasteiger partial charge in [-0.1, -0.05) is 23.2 Å². The first-order chi connectivity index (χ1) is 6.24. The van der Waals surface area contributed by atoms with E-state index in [1.807, 2.05) is 0 Å². The number of rotatable bonds is 4. The van der Waals surface area contributed by atoms with Gasteiger partial charge in [0.05, 0.1) is 0 Å². The number of hydrogen-bond acceptors (Lipinski definition) is 3. The van der Waals surface area contributed by atoms with Gasteiger partial charge in [-0.2, -0.15) is 0 Å². The molecule has 0 aliphatic heterocycles. The van der Waals surface area contributed by atoms with Crippen LogP contribution in [0.3, 0.4) is 0 Å². The standard InChI is InChI=1S/C7H7Cl3N2S/c8-2-1-3-13-5-4-6(9)11-12-7(5)10/h4H,1-3H2. The van der Waals surface area contributed by atoms with Gasteiger partial charge in [-0.3, -0.25) is 0 Å². The lowest BCUT2D eigenvalue weighted by atomic mass is 10.6. The number of halogens is 3. The van der Waals surface area contributed by atoms with Gasteiger partial charge >= 0.3 is 0 Å². The molecule has 0 aliphatic rings. The number of nitrogens with zero attached hydrogens (tertiary/aromatic N) is 2. The molecule has 2 nitrogen and oxygen atoms in total. The Labute approximate surface area is 96.0 Å². The van der Waals surface area contributed by atoms with Crippen LogP contribution in [0.4, 0.5) is 0 Å². The summed E-state index contributed by atoms with van der Waals surface area (Å²) in [5.41, 5.74) is 0. The van der Waals surface area contributed by atoms with Gasteiger partial charge < -0.3 is 0 Å². The molecule has 0 aromatic carbocycles. The van der Waals surface area contributed by atoms with E-state index in [-0.39, 0.29) is 0 Å². The third-order valence-electron chi connectivity index (χ3n) is 1.22. The Morgan fingerprint density at radius 1 is 1.31 bits per heavy atom. The van der Waals surface area contributed by atoms with Gasteiger partial charge in [0.25, 0.3) is 0 Å². The first-order valence-corrected chi connectivity index (χ1v) is 5.89. The topological polar surface area (TPSA) is 25.8 Å². The molecule has 0 amide bonds. The average Bonchev–Trinajstić information content (AvgIpc) is 2.11. The summed E-state index contributed by atoms with van der Waals surface area (Å²) in [5, 5.41) is 8.05. The molecule has 0 unspecified atom stereocenters. The van der Waals surface area contributed by atoms with E-state index in [0.717, 1.165) is 17.1 Å². The molecule has 0 radical (unpaired) electrons. The second-order valence-electron chi connectivity index (χ2n) is 2.21. The highest BCUT2D eigenvalue weighted by atomic mass is 35.5. The quantitative estimate of drug-likeness (QED) is 0.469. The molecular formula is C7H7Cl3N2S. The summed E-state index contributed by atoms with van der Waals surface area (Å²) in [5.74, 6) is 1.56. The molecule has 13 heavy (non-hydrogen) atoms. The van der Waals surface area contributed by atoms with E-state index in [9.17, 15) is 0 Å². The lowest BCUT2D eigenvalue weighted by Gasteiger charge is -2.01. The molecule has 0 atom stereocenters.